The standard InChI is InChI=1S/C14H20NO.HI/c1-15(2)10-8-13(9-11-15)14(16)12-6-4-3-5-7-12;/h3-8,14,16H,9-11H2,1-2H3;1H/q+1;/p-1. The van der Waals surface area contributed by atoms with Crippen LogP contribution in [0, 0.1) is 0 Å². The third kappa shape index (κ3) is 3.79. The first kappa shape index (κ1) is 14.7. The molecule has 3 heteroatoms. The molecule has 0 bridgehead atoms. The summed E-state index contributed by atoms with van der Waals surface area (Å²) in [6, 6.07) is 9.90. The number of aliphatic hydroxyl groups is 1. The Bertz CT molecular complexity index is 386. The summed E-state index contributed by atoms with van der Waals surface area (Å²) in [4.78, 5) is 0. The minimum Gasteiger partial charge on any atom is -1.00 e. The molecule has 1 unspecified atom stereocenters. The molecule has 0 saturated heterocycles. The van der Waals surface area contributed by atoms with Gasteiger partial charge >= 0.3 is 0 Å². The van der Waals surface area contributed by atoms with Crippen molar-refractivity contribution in [1.82, 2.24) is 0 Å². The maximum Gasteiger partial charge on any atom is 0.100 e. The minimum absolute atomic E-state index is 0. The molecule has 2 nitrogen and oxygen atoms in total. The van der Waals surface area contributed by atoms with Gasteiger partial charge in [-0.3, -0.25) is 0 Å². The van der Waals surface area contributed by atoms with Crippen molar-refractivity contribution in [1.29, 1.82) is 0 Å². The number of rotatable bonds is 2. The fourth-order valence-electron chi connectivity index (χ4n) is 2.09. The molecule has 17 heavy (non-hydrogen) atoms. The summed E-state index contributed by atoms with van der Waals surface area (Å²) in [5, 5.41) is 10.2. The van der Waals surface area contributed by atoms with E-state index >= 15 is 0 Å². The van der Waals surface area contributed by atoms with E-state index in [2.05, 4.69) is 20.2 Å². The lowest BCUT2D eigenvalue weighted by atomic mass is 9.96. The molecule has 0 fully saturated rings. The Kier molecular flexibility index (Phi) is 5.16. The predicted octanol–water partition coefficient (Wildman–Crippen LogP) is -0.869. The lowest BCUT2D eigenvalue weighted by Gasteiger charge is -2.33. The molecule has 1 aliphatic rings. The van der Waals surface area contributed by atoms with Gasteiger partial charge in [0.05, 0.1) is 27.2 Å². The molecular formula is C14H20INO. The summed E-state index contributed by atoms with van der Waals surface area (Å²) >= 11 is 0. The third-order valence-corrected chi connectivity index (χ3v) is 3.32. The van der Waals surface area contributed by atoms with Crippen LogP contribution in [-0.2, 0) is 0 Å². The SMILES string of the molecule is C[N+]1(C)CC=C(C(O)c2ccccc2)CC1.[I-]. The molecule has 0 saturated carbocycles. The number of hydrogen-bond acceptors (Lipinski definition) is 1. The number of likely N-dealkylation sites (N-methyl/N-ethyl adjacent to an activating group) is 1. The van der Waals surface area contributed by atoms with Crippen LogP contribution in [0.2, 0.25) is 0 Å². The lowest BCUT2D eigenvalue weighted by molar-refractivity contribution is -0.886. The Morgan fingerprint density at radius 3 is 2.35 bits per heavy atom. The molecule has 0 aromatic heterocycles. The van der Waals surface area contributed by atoms with E-state index in [-0.39, 0.29) is 24.0 Å². The fraction of sp³-hybridized carbons (Fsp3) is 0.429. The van der Waals surface area contributed by atoms with Gasteiger partial charge in [0.15, 0.2) is 0 Å². The zero-order chi connectivity index (χ0) is 11.6. The van der Waals surface area contributed by atoms with E-state index in [1.807, 2.05) is 30.3 Å². The molecule has 0 spiro atoms. The van der Waals surface area contributed by atoms with Crippen LogP contribution in [-0.4, -0.2) is 36.8 Å². The van der Waals surface area contributed by atoms with Crippen molar-refractivity contribution in [3.05, 3.63) is 47.5 Å². The van der Waals surface area contributed by atoms with Gasteiger partial charge in [0, 0.05) is 6.42 Å². The quantitative estimate of drug-likeness (QED) is 0.420. The van der Waals surface area contributed by atoms with Crippen LogP contribution in [0.15, 0.2) is 42.0 Å². The van der Waals surface area contributed by atoms with Crippen molar-refractivity contribution in [3.63, 3.8) is 0 Å². The molecule has 0 radical (unpaired) electrons. The van der Waals surface area contributed by atoms with Crippen molar-refractivity contribution < 1.29 is 33.6 Å². The van der Waals surface area contributed by atoms with E-state index < -0.39 is 6.10 Å². The van der Waals surface area contributed by atoms with Crippen molar-refractivity contribution >= 4 is 0 Å². The van der Waals surface area contributed by atoms with Gasteiger partial charge in [-0.05, 0) is 17.2 Å². The van der Waals surface area contributed by atoms with E-state index in [0.29, 0.717) is 0 Å². The van der Waals surface area contributed by atoms with Crippen molar-refractivity contribution in [3.8, 4) is 0 Å². The number of halogens is 1. The van der Waals surface area contributed by atoms with Crippen LogP contribution in [0.5, 0.6) is 0 Å². The molecule has 1 aromatic carbocycles. The van der Waals surface area contributed by atoms with Crippen LogP contribution in [0.1, 0.15) is 18.1 Å². The Morgan fingerprint density at radius 2 is 1.82 bits per heavy atom. The lowest BCUT2D eigenvalue weighted by Crippen LogP contribution is -3.00. The monoisotopic (exact) mass is 345 g/mol. The fourth-order valence-corrected chi connectivity index (χ4v) is 2.09. The normalized spacial score (nSPS) is 20.1. The highest BCUT2D eigenvalue weighted by molar-refractivity contribution is 5.26. The minimum atomic E-state index is -0.415. The van der Waals surface area contributed by atoms with Crippen molar-refractivity contribution in [2.45, 2.75) is 12.5 Å². The Labute approximate surface area is 121 Å². The van der Waals surface area contributed by atoms with Crippen molar-refractivity contribution in [2.24, 2.45) is 0 Å². The largest absolute Gasteiger partial charge is 1.00 e. The van der Waals surface area contributed by atoms with Gasteiger partial charge in [-0.25, -0.2) is 0 Å². The smallest absolute Gasteiger partial charge is 0.100 e. The molecule has 1 heterocycles. The predicted molar refractivity (Wildman–Crippen MR) is 65.9 cm³/mol. The zero-order valence-corrected chi connectivity index (χ0v) is 12.6. The Hall–Kier alpha value is -0.390. The van der Waals surface area contributed by atoms with Crippen LogP contribution in [0.4, 0.5) is 0 Å². The Morgan fingerprint density at radius 1 is 1.18 bits per heavy atom. The van der Waals surface area contributed by atoms with Crippen LogP contribution in [0.25, 0.3) is 0 Å². The second-order valence-electron chi connectivity index (χ2n) is 5.18. The molecular weight excluding hydrogens is 325 g/mol. The molecule has 1 atom stereocenters. The highest BCUT2D eigenvalue weighted by Crippen LogP contribution is 2.27. The van der Waals surface area contributed by atoms with Gasteiger partial charge < -0.3 is 33.6 Å². The number of quaternary nitrogens is 1. The summed E-state index contributed by atoms with van der Waals surface area (Å²) in [6.07, 6.45) is 2.77. The van der Waals surface area contributed by atoms with Gasteiger partial charge in [0.2, 0.25) is 0 Å². The summed E-state index contributed by atoms with van der Waals surface area (Å²) in [5.74, 6) is 0. The van der Waals surface area contributed by atoms with Gasteiger partial charge in [-0.2, -0.15) is 0 Å². The van der Waals surface area contributed by atoms with Crippen LogP contribution >= 0.6 is 0 Å². The molecule has 1 N–H and O–H groups in total. The highest BCUT2D eigenvalue weighted by Gasteiger charge is 2.23. The van der Waals surface area contributed by atoms with Gasteiger partial charge in [0.1, 0.15) is 6.10 Å². The second kappa shape index (κ2) is 5.98. The van der Waals surface area contributed by atoms with E-state index in [1.54, 1.807) is 0 Å². The van der Waals surface area contributed by atoms with Gasteiger partial charge in [-0.15, -0.1) is 0 Å². The van der Waals surface area contributed by atoms with Gasteiger partial charge in [0.25, 0.3) is 0 Å². The molecule has 0 aliphatic carbocycles. The maximum atomic E-state index is 10.2. The van der Waals surface area contributed by atoms with E-state index in [1.165, 1.54) is 5.57 Å². The summed E-state index contributed by atoms with van der Waals surface area (Å²) in [7, 11) is 4.45. The summed E-state index contributed by atoms with van der Waals surface area (Å²) in [5.41, 5.74) is 2.17. The first-order chi connectivity index (χ1) is 7.58. The van der Waals surface area contributed by atoms with Crippen molar-refractivity contribution in [2.75, 3.05) is 27.2 Å². The first-order valence-corrected chi connectivity index (χ1v) is 5.82. The highest BCUT2D eigenvalue weighted by atomic mass is 127. The van der Waals surface area contributed by atoms with E-state index in [4.69, 9.17) is 0 Å². The number of benzene rings is 1. The topological polar surface area (TPSA) is 20.2 Å². The average molecular weight is 345 g/mol. The zero-order valence-electron chi connectivity index (χ0n) is 10.4. The number of hydrogen-bond donors (Lipinski definition) is 1. The number of nitrogens with zero attached hydrogens (tertiary/aromatic N) is 1. The Balaban J connectivity index is 0.00000144. The van der Waals surface area contributed by atoms with Crippen LogP contribution < -0.4 is 24.0 Å². The number of aliphatic hydroxyl groups excluding tert-OH is 1. The molecule has 2 rings (SSSR count). The van der Waals surface area contributed by atoms with E-state index in [0.717, 1.165) is 29.6 Å². The van der Waals surface area contributed by atoms with Crippen LogP contribution in [0.3, 0.4) is 0 Å². The third-order valence-electron chi connectivity index (χ3n) is 3.32. The van der Waals surface area contributed by atoms with Gasteiger partial charge in [-0.1, -0.05) is 30.3 Å². The molecule has 1 aromatic rings. The molecule has 94 valence electrons. The summed E-state index contributed by atoms with van der Waals surface area (Å²) < 4.78 is 1.02. The molecule has 1 aliphatic heterocycles. The average Bonchev–Trinajstić information content (AvgIpc) is 2.29. The molecule has 0 amide bonds. The second-order valence-corrected chi connectivity index (χ2v) is 5.18. The first-order valence-electron chi connectivity index (χ1n) is 5.82. The van der Waals surface area contributed by atoms with E-state index in [9.17, 15) is 5.11 Å². The summed E-state index contributed by atoms with van der Waals surface area (Å²) in [6.45, 7) is 2.12. The maximum absolute atomic E-state index is 10.2.